The summed E-state index contributed by atoms with van der Waals surface area (Å²) in [7, 11) is 3.49. The van der Waals surface area contributed by atoms with Crippen molar-refractivity contribution in [3.05, 3.63) is 59.2 Å². The molecule has 7 heteroatoms. The molecule has 0 spiro atoms. The summed E-state index contributed by atoms with van der Waals surface area (Å²) in [6.45, 7) is 2.90. The van der Waals surface area contributed by atoms with Crippen LogP contribution in [-0.4, -0.2) is 55.5 Å². The summed E-state index contributed by atoms with van der Waals surface area (Å²) in [5.74, 6) is -1.03. The number of ether oxygens (including phenoxy) is 2. The predicted octanol–water partition coefficient (Wildman–Crippen LogP) is 3.53. The highest BCUT2D eigenvalue weighted by Gasteiger charge is 2.37. The number of hydrogen-bond donors (Lipinski definition) is 0. The molecule has 2 unspecified atom stereocenters. The Morgan fingerprint density at radius 2 is 1.74 bits per heavy atom. The number of imide groups is 1. The van der Waals surface area contributed by atoms with Crippen LogP contribution in [0, 0.1) is 0 Å². The summed E-state index contributed by atoms with van der Waals surface area (Å²) in [6, 6.07) is 11.5. The zero-order chi connectivity index (χ0) is 22.1. The van der Waals surface area contributed by atoms with E-state index in [1.807, 2.05) is 14.0 Å². The molecular weight excluding hydrogens is 396 g/mol. The summed E-state index contributed by atoms with van der Waals surface area (Å²) in [5, 5.41) is 0. The van der Waals surface area contributed by atoms with E-state index in [0.717, 1.165) is 30.7 Å². The lowest BCUT2D eigenvalue weighted by Crippen LogP contribution is -2.45. The van der Waals surface area contributed by atoms with Crippen molar-refractivity contribution in [3.63, 3.8) is 0 Å². The number of hydrogen-bond acceptors (Lipinski definition) is 6. The third-order valence-corrected chi connectivity index (χ3v) is 6.12. The molecule has 0 aromatic heterocycles. The molecule has 0 N–H and O–H groups in total. The van der Waals surface area contributed by atoms with Gasteiger partial charge in [0, 0.05) is 12.1 Å². The van der Waals surface area contributed by atoms with Crippen molar-refractivity contribution >= 4 is 23.5 Å². The first-order valence-electron chi connectivity index (χ1n) is 10.5. The number of esters is 1. The van der Waals surface area contributed by atoms with Crippen molar-refractivity contribution < 1.29 is 23.9 Å². The number of rotatable bonds is 5. The van der Waals surface area contributed by atoms with E-state index in [0.29, 0.717) is 16.8 Å². The Bertz CT molecular complexity index is 999. The Morgan fingerprint density at radius 1 is 1.06 bits per heavy atom. The number of methoxy groups -OCH3 is 1. The average Bonchev–Trinajstić information content (AvgIpc) is 3.03. The number of carbonyl (C=O) groups is 3. The molecule has 7 nitrogen and oxygen atoms in total. The maximum Gasteiger partial charge on any atom is 0.342 e. The summed E-state index contributed by atoms with van der Waals surface area (Å²) in [5.41, 5.74) is 1.33. The van der Waals surface area contributed by atoms with Gasteiger partial charge in [-0.05, 0) is 57.6 Å². The maximum absolute atomic E-state index is 12.9. The van der Waals surface area contributed by atoms with Gasteiger partial charge in [-0.1, -0.05) is 18.6 Å². The lowest BCUT2D eigenvalue weighted by molar-refractivity contribution is 0.000948. The molecule has 31 heavy (non-hydrogen) atoms. The second-order valence-corrected chi connectivity index (χ2v) is 8.03. The second-order valence-electron chi connectivity index (χ2n) is 8.03. The van der Waals surface area contributed by atoms with Crippen molar-refractivity contribution in [2.24, 2.45) is 0 Å². The standard InChI is InChI=1S/C24H26N2O5/c1-15(20-10-6-7-13-25(20)2)31-24(29)19-12-11-16(14-21(19)30-3)26-22(27)17-8-4-5-9-18(17)23(26)28/h4-5,8-9,11-12,14-15,20H,6-7,10,13H2,1-3H3. The first-order valence-corrected chi connectivity index (χ1v) is 10.5. The highest BCUT2D eigenvalue weighted by atomic mass is 16.5. The fourth-order valence-corrected chi connectivity index (χ4v) is 4.42. The minimum atomic E-state index is -0.489. The minimum absolute atomic E-state index is 0.182. The molecule has 4 rings (SSSR count). The number of fused-ring (bicyclic) bond motifs is 1. The Kier molecular flexibility index (Phi) is 5.78. The second kappa shape index (κ2) is 8.51. The van der Waals surface area contributed by atoms with Crippen molar-refractivity contribution in [1.29, 1.82) is 0 Å². The molecule has 0 saturated carbocycles. The van der Waals surface area contributed by atoms with Crippen LogP contribution in [0.25, 0.3) is 0 Å². The highest BCUT2D eigenvalue weighted by molar-refractivity contribution is 6.34. The van der Waals surface area contributed by atoms with Crippen molar-refractivity contribution in [3.8, 4) is 5.75 Å². The summed E-state index contributed by atoms with van der Waals surface area (Å²) in [6.07, 6.45) is 3.00. The van der Waals surface area contributed by atoms with E-state index in [1.165, 1.54) is 19.2 Å². The number of carbonyl (C=O) groups excluding carboxylic acids is 3. The number of likely N-dealkylation sites (N-methyl/N-ethyl adjacent to an activating group) is 1. The van der Waals surface area contributed by atoms with Gasteiger partial charge in [0.2, 0.25) is 0 Å². The van der Waals surface area contributed by atoms with Crippen LogP contribution in [0.1, 0.15) is 57.3 Å². The molecule has 2 aromatic carbocycles. The summed E-state index contributed by atoms with van der Waals surface area (Å²) >= 11 is 0. The molecule has 0 aliphatic carbocycles. The Labute approximate surface area is 181 Å². The van der Waals surface area contributed by atoms with Gasteiger partial charge in [-0.15, -0.1) is 0 Å². The molecule has 0 bridgehead atoms. The monoisotopic (exact) mass is 422 g/mol. The van der Waals surface area contributed by atoms with E-state index in [2.05, 4.69) is 4.90 Å². The third kappa shape index (κ3) is 3.81. The largest absolute Gasteiger partial charge is 0.496 e. The first-order chi connectivity index (χ1) is 14.9. The molecule has 1 saturated heterocycles. The van der Waals surface area contributed by atoms with Gasteiger partial charge in [-0.25, -0.2) is 9.69 Å². The van der Waals surface area contributed by atoms with E-state index < -0.39 is 17.8 Å². The number of anilines is 1. The van der Waals surface area contributed by atoms with E-state index in [-0.39, 0.29) is 23.5 Å². The van der Waals surface area contributed by atoms with E-state index in [9.17, 15) is 14.4 Å². The smallest absolute Gasteiger partial charge is 0.342 e. The van der Waals surface area contributed by atoms with Crippen molar-refractivity contribution in [1.82, 2.24) is 4.90 Å². The molecule has 2 aromatic rings. The number of nitrogens with zero attached hydrogens (tertiary/aromatic N) is 2. The highest BCUT2D eigenvalue weighted by Crippen LogP contribution is 2.33. The lowest BCUT2D eigenvalue weighted by Gasteiger charge is -2.36. The molecule has 1 fully saturated rings. The number of benzene rings is 2. The van der Waals surface area contributed by atoms with E-state index >= 15 is 0 Å². The van der Waals surface area contributed by atoms with Crippen LogP contribution in [0.2, 0.25) is 0 Å². The molecule has 0 radical (unpaired) electrons. The van der Waals surface area contributed by atoms with Gasteiger partial charge in [0.25, 0.3) is 11.8 Å². The van der Waals surface area contributed by atoms with Crippen LogP contribution in [0.4, 0.5) is 5.69 Å². The number of piperidine rings is 1. The van der Waals surface area contributed by atoms with Crippen LogP contribution >= 0.6 is 0 Å². The van der Waals surface area contributed by atoms with Gasteiger partial charge in [-0.2, -0.15) is 0 Å². The maximum atomic E-state index is 12.9. The molecule has 162 valence electrons. The van der Waals surface area contributed by atoms with Gasteiger partial charge in [0.15, 0.2) is 0 Å². The predicted molar refractivity (Wildman–Crippen MR) is 116 cm³/mol. The van der Waals surface area contributed by atoms with Gasteiger partial charge < -0.3 is 9.47 Å². The molecule has 2 aliphatic heterocycles. The van der Waals surface area contributed by atoms with Crippen LogP contribution < -0.4 is 9.64 Å². The molecular formula is C24H26N2O5. The SMILES string of the molecule is COc1cc(N2C(=O)c3ccccc3C2=O)ccc1C(=O)OC(C)C1CCCCN1C. The fourth-order valence-electron chi connectivity index (χ4n) is 4.42. The first kappa shape index (κ1) is 21.1. The van der Waals surface area contributed by atoms with Crippen LogP contribution in [0.15, 0.2) is 42.5 Å². The number of likely N-dealkylation sites (tertiary alicyclic amines) is 1. The van der Waals surface area contributed by atoms with Crippen LogP contribution in [0.5, 0.6) is 5.75 Å². The van der Waals surface area contributed by atoms with Crippen molar-refractivity contribution in [2.45, 2.75) is 38.3 Å². The Balaban J connectivity index is 1.55. The van der Waals surface area contributed by atoms with Crippen LogP contribution in [0.3, 0.4) is 0 Å². The van der Waals surface area contributed by atoms with E-state index in [4.69, 9.17) is 9.47 Å². The fraction of sp³-hybridized carbons (Fsp3) is 0.375. The number of amides is 2. The van der Waals surface area contributed by atoms with Gasteiger partial charge in [-0.3, -0.25) is 14.5 Å². The van der Waals surface area contributed by atoms with Gasteiger partial charge >= 0.3 is 5.97 Å². The molecule has 2 atom stereocenters. The average molecular weight is 422 g/mol. The summed E-state index contributed by atoms with van der Waals surface area (Å²) < 4.78 is 11.1. The lowest BCUT2D eigenvalue weighted by atomic mass is 9.99. The molecule has 2 aliphatic rings. The zero-order valence-corrected chi connectivity index (χ0v) is 18.0. The quantitative estimate of drug-likeness (QED) is 0.542. The normalized spacial score (nSPS) is 19.8. The molecule has 2 heterocycles. The Hall–Kier alpha value is -3.19. The van der Waals surface area contributed by atoms with E-state index in [1.54, 1.807) is 30.3 Å². The van der Waals surface area contributed by atoms with Gasteiger partial charge in [0.05, 0.1) is 23.9 Å². The topological polar surface area (TPSA) is 76.1 Å². The van der Waals surface area contributed by atoms with Gasteiger partial charge in [0.1, 0.15) is 17.4 Å². The third-order valence-electron chi connectivity index (χ3n) is 6.12. The minimum Gasteiger partial charge on any atom is -0.496 e. The Morgan fingerprint density at radius 3 is 2.35 bits per heavy atom. The summed E-state index contributed by atoms with van der Waals surface area (Å²) in [4.78, 5) is 41.7. The van der Waals surface area contributed by atoms with Crippen LogP contribution in [-0.2, 0) is 4.74 Å². The zero-order valence-electron chi connectivity index (χ0n) is 18.0. The van der Waals surface area contributed by atoms with Crippen molar-refractivity contribution in [2.75, 3.05) is 25.6 Å². The molecule has 2 amide bonds.